The van der Waals surface area contributed by atoms with Gasteiger partial charge in [0.1, 0.15) is 0 Å². The summed E-state index contributed by atoms with van der Waals surface area (Å²) in [5.41, 5.74) is 2.17. The Kier molecular flexibility index (Phi) is 4.29. The van der Waals surface area contributed by atoms with Crippen LogP contribution in [0.15, 0.2) is 18.2 Å². The molecule has 0 aromatic heterocycles. The third-order valence-electron chi connectivity index (χ3n) is 3.01. The van der Waals surface area contributed by atoms with Crippen molar-refractivity contribution in [2.24, 2.45) is 0 Å². The van der Waals surface area contributed by atoms with Gasteiger partial charge in [0.2, 0.25) is 5.91 Å². The molecular formula is C13H18N2O4S. The molecule has 0 radical (unpaired) electrons. The van der Waals surface area contributed by atoms with Crippen molar-refractivity contribution in [2.45, 2.75) is 19.8 Å². The van der Waals surface area contributed by atoms with Gasteiger partial charge in [-0.2, -0.15) is 0 Å². The predicted molar refractivity (Wildman–Crippen MR) is 77.2 cm³/mol. The molecular weight excluding hydrogens is 280 g/mol. The lowest BCUT2D eigenvalue weighted by molar-refractivity contribution is -0.117. The summed E-state index contributed by atoms with van der Waals surface area (Å²) in [6.45, 7) is 2.69. The zero-order valence-corrected chi connectivity index (χ0v) is 12.4. The topological polar surface area (TPSA) is 75.7 Å². The quantitative estimate of drug-likeness (QED) is 0.859. The molecule has 1 aromatic carbocycles. The van der Waals surface area contributed by atoms with Gasteiger partial charge in [0.15, 0.2) is 5.94 Å². The van der Waals surface area contributed by atoms with E-state index in [1.54, 1.807) is 23.1 Å². The van der Waals surface area contributed by atoms with Crippen LogP contribution in [0, 0.1) is 0 Å². The first-order valence-electron chi connectivity index (χ1n) is 6.39. The van der Waals surface area contributed by atoms with E-state index in [1.165, 1.54) is 7.11 Å². The molecule has 20 heavy (non-hydrogen) atoms. The second kappa shape index (κ2) is 5.80. The molecule has 2 rings (SSSR count). The molecule has 0 atom stereocenters. The number of carbonyl (C=O) groups excluding carboxylic acids is 1. The van der Waals surface area contributed by atoms with Gasteiger partial charge < -0.3 is 9.64 Å². The van der Waals surface area contributed by atoms with Gasteiger partial charge in [-0.15, -0.1) is 0 Å². The van der Waals surface area contributed by atoms with E-state index in [0.717, 1.165) is 17.7 Å². The number of fused-ring (bicyclic) bond motifs is 1. The van der Waals surface area contributed by atoms with E-state index < -0.39 is 16.0 Å². The third-order valence-corrected chi connectivity index (χ3v) is 4.10. The standard InChI is InChI=1S/C13H18N2O4S/c1-3-6-15-12-5-4-11(7-10(12)8-13(15)16)14-20(17,18)9-19-2/h4-5,7,14H,3,6,8-9H2,1-2H3. The van der Waals surface area contributed by atoms with Crippen molar-refractivity contribution in [3.8, 4) is 0 Å². The average Bonchev–Trinajstić information content (AvgIpc) is 2.65. The Morgan fingerprint density at radius 3 is 2.80 bits per heavy atom. The molecule has 1 amide bonds. The van der Waals surface area contributed by atoms with Crippen LogP contribution in [0.25, 0.3) is 0 Å². The molecule has 110 valence electrons. The lowest BCUT2D eigenvalue weighted by Gasteiger charge is -2.16. The Hall–Kier alpha value is -1.60. The summed E-state index contributed by atoms with van der Waals surface area (Å²) in [4.78, 5) is 13.6. The minimum Gasteiger partial charge on any atom is -0.367 e. The molecule has 0 saturated carbocycles. The second-order valence-electron chi connectivity index (χ2n) is 4.69. The molecule has 1 N–H and O–H groups in total. The number of methoxy groups -OCH3 is 1. The molecule has 1 aromatic rings. The summed E-state index contributed by atoms with van der Waals surface area (Å²) in [5, 5.41) is 0. The number of amides is 1. The summed E-state index contributed by atoms with van der Waals surface area (Å²) in [7, 11) is -2.19. The van der Waals surface area contributed by atoms with Gasteiger partial charge in [0.25, 0.3) is 10.0 Å². The van der Waals surface area contributed by atoms with Crippen LogP contribution in [0.3, 0.4) is 0 Å². The molecule has 7 heteroatoms. The smallest absolute Gasteiger partial charge is 0.257 e. The molecule has 0 fully saturated rings. The van der Waals surface area contributed by atoms with Crippen molar-refractivity contribution in [1.82, 2.24) is 0 Å². The van der Waals surface area contributed by atoms with Crippen LogP contribution in [0.4, 0.5) is 11.4 Å². The molecule has 0 saturated heterocycles. The van der Waals surface area contributed by atoms with E-state index in [4.69, 9.17) is 0 Å². The van der Waals surface area contributed by atoms with Crippen LogP contribution >= 0.6 is 0 Å². The van der Waals surface area contributed by atoms with Crippen LogP contribution < -0.4 is 9.62 Å². The minimum absolute atomic E-state index is 0.0544. The van der Waals surface area contributed by atoms with E-state index in [2.05, 4.69) is 9.46 Å². The lowest BCUT2D eigenvalue weighted by Crippen LogP contribution is -2.27. The first-order chi connectivity index (χ1) is 9.46. The summed E-state index contributed by atoms with van der Waals surface area (Å²) in [5.74, 6) is -0.343. The molecule has 1 aliphatic heterocycles. The van der Waals surface area contributed by atoms with Crippen molar-refractivity contribution in [3.05, 3.63) is 23.8 Å². The number of nitrogens with one attached hydrogen (secondary N) is 1. The summed E-state index contributed by atoms with van der Waals surface area (Å²) < 4.78 is 30.3. The zero-order chi connectivity index (χ0) is 14.8. The maximum atomic E-state index is 11.9. The minimum atomic E-state index is -3.51. The number of nitrogens with zero attached hydrogens (tertiary/aromatic N) is 1. The zero-order valence-electron chi connectivity index (χ0n) is 11.5. The van der Waals surface area contributed by atoms with E-state index >= 15 is 0 Å². The highest BCUT2D eigenvalue weighted by Gasteiger charge is 2.26. The highest BCUT2D eigenvalue weighted by molar-refractivity contribution is 7.92. The number of hydrogen-bond acceptors (Lipinski definition) is 4. The molecule has 6 nitrogen and oxygen atoms in total. The van der Waals surface area contributed by atoms with E-state index in [-0.39, 0.29) is 5.91 Å². The summed E-state index contributed by atoms with van der Waals surface area (Å²) in [6, 6.07) is 5.14. The summed E-state index contributed by atoms with van der Waals surface area (Å²) >= 11 is 0. The highest BCUT2D eigenvalue weighted by atomic mass is 32.2. The third kappa shape index (κ3) is 3.10. The predicted octanol–water partition coefficient (Wildman–Crippen LogP) is 1.33. The fourth-order valence-electron chi connectivity index (χ4n) is 2.28. The van der Waals surface area contributed by atoms with Gasteiger partial charge in [-0.25, -0.2) is 8.42 Å². The van der Waals surface area contributed by atoms with Crippen molar-refractivity contribution < 1.29 is 17.9 Å². The van der Waals surface area contributed by atoms with Gasteiger partial charge in [-0.3, -0.25) is 9.52 Å². The fourth-order valence-corrected chi connectivity index (χ4v) is 3.13. The summed E-state index contributed by atoms with van der Waals surface area (Å²) in [6.07, 6.45) is 1.20. The van der Waals surface area contributed by atoms with Gasteiger partial charge in [-0.1, -0.05) is 6.92 Å². The number of sulfonamides is 1. The molecule has 0 aliphatic carbocycles. The van der Waals surface area contributed by atoms with Crippen molar-refractivity contribution in [1.29, 1.82) is 0 Å². The van der Waals surface area contributed by atoms with Crippen LogP contribution in [0.2, 0.25) is 0 Å². The first-order valence-corrected chi connectivity index (χ1v) is 8.05. The van der Waals surface area contributed by atoms with E-state index in [9.17, 15) is 13.2 Å². The van der Waals surface area contributed by atoms with E-state index in [0.29, 0.717) is 18.7 Å². The van der Waals surface area contributed by atoms with Crippen LogP contribution in [0.1, 0.15) is 18.9 Å². The van der Waals surface area contributed by atoms with Crippen molar-refractivity contribution in [2.75, 3.05) is 29.2 Å². The Bertz CT molecular complexity index is 613. The van der Waals surface area contributed by atoms with Crippen LogP contribution in [-0.2, 0) is 26.0 Å². The normalized spacial score (nSPS) is 14.5. The van der Waals surface area contributed by atoms with Gasteiger partial charge in [0.05, 0.1) is 6.42 Å². The Balaban J connectivity index is 2.22. The number of hydrogen-bond donors (Lipinski definition) is 1. The first kappa shape index (κ1) is 14.8. The second-order valence-corrected chi connectivity index (χ2v) is 6.36. The number of ether oxygens (including phenoxy) is 1. The van der Waals surface area contributed by atoms with Gasteiger partial charge >= 0.3 is 0 Å². The number of anilines is 2. The van der Waals surface area contributed by atoms with Crippen LogP contribution in [0.5, 0.6) is 0 Å². The number of benzene rings is 1. The Morgan fingerprint density at radius 2 is 2.15 bits per heavy atom. The molecule has 1 aliphatic rings. The maximum absolute atomic E-state index is 11.9. The fraction of sp³-hybridized carbons (Fsp3) is 0.462. The lowest BCUT2D eigenvalue weighted by atomic mass is 10.1. The number of carbonyl (C=O) groups is 1. The highest BCUT2D eigenvalue weighted by Crippen LogP contribution is 2.31. The average molecular weight is 298 g/mol. The molecule has 0 unspecified atom stereocenters. The number of rotatable bonds is 6. The molecule has 1 heterocycles. The Labute approximate surface area is 118 Å². The van der Waals surface area contributed by atoms with Gasteiger partial charge in [-0.05, 0) is 30.2 Å². The monoisotopic (exact) mass is 298 g/mol. The van der Waals surface area contributed by atoms with Crippen molar-refractivity contribution in [3.63, 3.8) is 0 Å². The van der Waals surface area contributed by atoms with Gasteiger partial charge in [0, 0.05) is 25.0 Å². The largest absolute Gasteiger partial charge is 0.367 e. The molecule has 0 spiro atoms. The van der Waals surface area contributed by atoms with Crippen LogP contribution in [-0.4, -0.2) is 33.9 Å². The van der Waals surface area contributed by atoms with Crippen molar-refractivity contribution >= 4 is 27.3 Å². The van der Waals surface area contributed by atoms with E-state index in [1.807, 2.05) is 6.92 Å². The Morgan fingerprint density at radius 1 is 1.40 bits per heavy atom. The maximum Gasteiger partial charge on any atom is 0.257 e. The molecule has 0 bridgehead atoms. The SMILES string of the molecule is CCCN1C(=O)Cc2cc(NS(=O)(=O)COC)ccc21.